The van der Waals surface area contributed by atoms with Gasteiger partial charge in [0, 0.05) is 6.61 Å². The summed E-state index contributed by atoms with van der Waals surface area (Å²) >= 11 is 0. The molecule has 13 heavy (non-hydrogen) atoms. The molecule has 2 atom stereocenters. The Morgan fingerprint density at radius 1 is 1.23 bits per heavy atom. The van der Waals surface area contributed by atoms with Gasteiger partial charge in [0.15, 0.2) is 0 Å². The first kappa shape index (κ1) is 9.51. The Bertz CT molecular complexity index is 168. The lowest BCUT2D eigenvalue weighted by molar-refractivity contribution is -0.165. The third kappa shape index (κ3) is 1.41. The third-order valence-corrected chi connectivity index (χ3v) is 4.34. The molecular weight excluding hydrogens is 160 g/mol. The van der Waals surface area contributed by atoms with Crippen LogP contribution in [-0.2, 0) is 4.74 Å². The fraction of sp³-hybridized carbons (Fsp3) is 1.00. The molecule has 2 aliphatic carbocycles. The number of hydrogen-bond acceptors (Lipinski definition) is 1. The van der Waals surface area contributed by atoms with Crippen molar-refractivity contribution in [2.24, 2.45) is 11.3 Å². The molecule has 0 radical (unpaired) electrons. The van der Waals surface area contributed by atoms with Gasteiger partial charge in [-0.1, -0.05) is 26.2 Å². The average molecular weight is 182 g/mol. The molecule has 0 heterocycles. The molecule has 2 fully saturated rings. The molecular formula is C12H22O. The van der Waals surface area contributed by atoms with Crippen molar-refractivity contribution in [1.82, 2.24) is 0 Å². The van der Waals surface area contributed by atoms with Gasteiger partial charge in [-0.15, -0.1) is 0 Å². The summed E-state index contributed by atoms with van der Waals surface area (Å²) in [7, 11) is 0. The van der Waals surface area contributed by atoms with E-state index in [9.17, 15) is 0 Å². The second kappa shape index (κ2) is 3.61. The zero-order valence-electron chi connectivity index (χ0n) is 9.01. The van der Waals surface area contributed by atoms with Crippen LogP contribution in [0.3, 0.4) is 0 Å². The summed E-state index contributed by atoms with van der Waals surface area (Å²) in [6.45, 7) is 5.44. The Morgan fingerprint density at radius 3 is 2.46 bits per heavy atom. The first-order chi connectivity index (χ1) is 6.29. The lowest BCUT2D eigenvalue weighted by Crippen LogP contribution is -2.54. The molecule has 0 saturated heterocycles. The van der Waals surface area contributed by atoms with E-state index in [4.69, 9.17) is 4.74 Å². The van der Waals surface area contributed by atoms with Gasteiger partial charge in [0.25, 0.3) is 0 Å². The Labute approximate surface area is 81.9 Å². The zero-order valence-corrected chi connectivity index (χ0v) is 9.01. The van der Waals surface area contributed by atoms with Gasteiger partial charge < -0.3 is 4.74 Å². The van der Waals surface area contributed by atoms with E-state index in [-0.39, 0.29) is 0 Å². The molecule has 76 valence electrons. The predicted molar refractivity (Wildman–Crippen MR) is 54.7 cm³/mol. The lowest BCUT2D eigenvalue weighted by atomic mass is 9.52. The molecule has 2 aliphatic rings. The van der Waals surface area contributed by atoms with E-state index in [1.807, 2.05) is 0 Å². The highest BCUT2D eigenvalue weighted by Gasteiger charge is 2.52. The summed E-state index contributed by atoms with van der Waals surface area (Å²) in [5.74, 6) is 0.921. The van der Waals surface area contributed by atoms with Crippen molar-refractivity contribution in [2.75, 3.05) is 6.61 Å². The number of hydrogen-bond donors (Lipinski definition) is 0. The molecule has 0 aromatic rings. The molecule has 0 aromatic carbocycles. The second-order valence-corrected chi connectivity index (χ2v) is 4.87. The van der Waals surface area contributed by atoms with E-state index in [1.54, 1.807) is 0 Å². The summed E-state index contributed by atoms with van der Waals surface area (Å²) in [4.78, 5) is 0. The van der Waals surface area contributed by atoms with Crippen molar-refractivity contribution in [3.8, 4) is 0 Å². The van der Waals surface area contributed by atoms with Crippen LogP contribution in [0, 0.1) is 11.3 Å². The summed E-state index contributed by atoms with van der Waals surface area (Å²) in [5, 5.41) is 0. The quantitative estimate of drug-likeness (QED) is 0.636. The normalized spacial score (nSPS) is 37.4. The van der Waals surface area contributed by atoms with E-state index in [2.05, 4.69) is 13.8 Å². The van der Waals surface area contributed by atoms with Gasteiger partial charge in [-0.05, 0) is 37.5 Å². The predicted octanol–water partition coefficient (Wildman–Crippen LogP) is 3.38. The number of rotatable bonds is 2. The summed E-state index contributed by atoms with van der Waals surface area (Å²) < 4.78 is 5.84. The van der Waals surface area contributed by atoms with E-state index in [1.165, 1.54) is 38.5 Å². The van der Waals surface area contributed by atoms with Crippen molar-refractivity contribution in [1.29, 1.82) is 0 Å². The molecule has 1 spiro atoms. The Kier molecular flexibility index (Phi) is 2.64. The molecule has 2 saturated carbocycles. The zero-order chi connectivity index (χ0) is 9.31. The van der Waals surface area contributed by atoms with E-state index < -0.39 is 0 Å². The lowest BCUT2D eigenvalue weighted by Gasteiger charge is -2.56. The molecule has 0 N–H and O–H groups in total. The van der Waals surface area contributed by atoms with Crippen LogP contribution >= 0.6 is 0 Å². The maximum absolute atomic E-state index is 5.84. The van der Waals surface area contributed by atoms with E-state index in [0.29, 0.717) is 11.5 Å². The van der Waals surface area contributed by atoms with Crippen LogP contribution in [0.5, 0.6) is 0 Å². The minimum atomic E-state index is 0.604. The van der Waals surface area contributed by atoms with Crippen molar-refractivity contribution in [3.05, 3.63) is 0 Å². The standard InChI is InChI=1S/C12H22O/c1-3-13-11-9-10(2)12(11)7-5-4-6-8-12/h10-11H,3-9H2,1-2H3. The van der Waals surface area contributed by atoms with Crippen molar-refractivity contribution < 1.29 is 4.74 Å². The molecule has 2 unspecified atom stereocenters. The molecule has 2 rings (SSSR count). The first-order valence-corrected chi connectivity index (χ1v) is 5.91. The molecule has 0 aromatic heterocycles. The molecule has 1 heteroatoms. The largest absolute Gasteiger partial charge is 0.378 e. The minimum absolute atomic E-state index is 0.604. The van der Waals surface area contributed by atoms with Gasteiger partial charge in [-0.3, -0.25) is 0 Å². The minimum Gasteiger partial charge on any atom is -0.378 e. The maximum atomic E-state index is 5.84. The van der Waals surface area contributed by atoms with Crippen LogP contribution in [0.25, 0.3) is 0 Å². The van der Waals surface area contributed by atoms with Gasteiger partial charge >= 0.3 is 0 Å². The summed E-state index contributed by atoms with van der Waals surface area (Å²) in [6, 6.07) is 0. The van der Waals surface area contributed by atoms with Crippen LogP contribution in [0.2, 0.25) is 0 Å². The van der Waals surface area contributed by atoms with Crippen molar-refractivity contribution >= 4 is 0 Å². The van der Waals surface area contributed by atoms with E-state index in [0.717, 1.165) is 12.5 Å². The van der Waals surface area contributed by atoms with Gasteiger partial charge in [0.2, 0.25) is 0 Å². The van der Waals surface area contributed by atoms with E-state index >= 15 is 0 Å². The Balaban J connectivity index is 1.99. The second-order valence-electron chi connectivity index (χ2n) is 4.87. The molecule has 0 aliphatic heterocycles. The highest BCUT2D eigenvalue weighted by atomic mass is 16.5. The smallest absolute Gasteiger partial charge is 0.0636 e. The third-order valence-electron chi connectivity index (χ3n) is 4.34. The Morgan fingerprint density at radius 2 is 1.92 bits per heavy atom. The maximum Gasteiger partial charge on any atom is 0.0636 e. The Hall–Kier alpha value is -0.0400. The van der Waals surface area contributed by atoms with Crippen LogP contribution in [-0.4, -0.2) is 12.7 Å². The van der Waals surface area contributed by atoms with Gasteiger partial charge in [-0.2, -0.15) is 0 Å². The summed E-state index contributed by atoms with van der Waals surface area (Å²) in [6.07, 6.45) is 9.11. The first-order valence-electron chi connectivity index (χ1n) is 5.91. The van der Waals surface area contributed by atoms with Gasteiger partial charge in [0.05, 0.1) is 6.10 Å². The molecule has 0 amide bonds. The van der Waals surface area contributed by atoms with Crippen LogP contribution < -0.4 is 0 Å². The monoisotopic (exact) mass is 182 g/mol. The van der Waals surface area contributed by atoms with Gasteiger partial charge in [0.1, 0.15) is 0 Å². The molecule has 1 nitrogen and oxygen atoms in total. The van der Waals surface area contributed by atoms with Crippen LogP contribution in [0.15, 0.2) is 0 Å². The molecule has 0 bridgehead atoms. The highest BCUT2D eigenvalue weighted by molar-refractivity contribution is 5.02. The number of ether oxygens (including phenoxy) is 1. The SMILES string of the molecule is CCOC1CC(C)C12CCCCC2. The van der Waals surface area contributed by atoms with Crippen LogP contribution in [0.4, 0.5) is 0 Å². The summed E-state index contributed by atoms with van der Waals surface area (Å²) in [5.41, 5.74) is 0.605. The van der Waals surface area contributed by atoms with Gasteiger partial charge in [-0.25, -0.2) is 0 Å². The highest BCUT2D eigenvalue weighted by Crippen LogP contribution is 2.56. The topological polar surface area (TPSA) is 9.23 Å². The van der Waals surface area contributed by atoms with Crippen molar-refractivity contribution in [3.63, 3.8) is 0 Å². The fourth-order valence-electron chi connectivity index (χ4n) is 3.41. The fourth-order valence-corrected chi connectivity index (χ4v) is 3.41. The average Bonchev–Trinajstić information content (AvgIpc) is 2.19. The van der Waals surface area contributed by atoms with Crippen molar-refractivity contribution in [2.45, 2.75) is 58.5 Å². The van der Waals surface area contributed by atoms with Crippen LogP contribution in [0.1, 0.15) is 52.4 Å².